The van der Waals surface area contributed by atoms with Crippen LogP contribution in [0.3, 0.4) is 0 Å². The van der Waals surface area contributed by atoms with Crippen molar-refractivity contribution in [3.8, 4) is 0 Å². The Labute approximate surface area is 96.5 Å². The number of anilines is 1. The molecule has 1 heterocycles. The average Bonchev–Trinajstić information content (AvgIpc) is 2.26. The van der Waals surface area contributed by atoms with Crippen molar-refractivity contribution in [1.29, 1.82) is 0 Å². The molecule has 0 radical (unpaired) electrons. The minimum atomic E-state index is -0.0345. The Morgan fingerprint density at radius 2 is 2.25 bits per heavy atom. The van der Waals surface area contributed by atoms with Crippen molar-refractivity contribution in [1.82, 2.24) is 10.3 Å². The van der Waals surface area contributed by atoms with Crippen LogP contribution in [0.15, 0.2) is 18.5 Å². The predicted molar refractivity (Wildman–Crippen MR) is 65.4 cm³/mol. The third-order valence-electron chi connectivity index (χ3n) is 2.38. The van der Waals surface area contributed by atoms with Crippen LogP contribution in [0.5, 0.6) is 0 Å². The molecule has 1 rings (SSSR count). The van der Waals surface area contributed by atoms with E-state index in [0.717, 1.165) is 17.7 Å². The molecule has 1 atom stereocenters. The summed E-state index contributed by atoms with van der Waals surface area (Å²) in [5.41, 5.74) is 1.78. The molecule has 0 aliphatic carbocycles. The zero-order chi connectivity index (χ0) is 12.0. The molecule has 16 heavy (non-hydrogen) atoms. The summed E-state index contributed by atoms with van der Waals surface area (Å²) >= 11 is 0. The van der Waals surface area contributed by atoms with E-state index < -0.39 is 0 Å². The standard InChI is InChI=1S/C12H19N3O/c1-4-10(3)14-8-12(16)15-11-5-9(2)6-13-7-11/h5-7,10,14H,4,8H2,1-3H3,(H,15,16). The van der Waals surface area contributed by atoms with Crippen molar-refractivity contribution in [3.63, 3.8) is 0 Å². The fraction of sp³-hybridized carbons (Fsp3) is 0.500. The van der Waals surface area contributed by atoms with E-state index >= 15 is 0 Å². The lowest BCUT2D eigenvalue weighted by Gasteiger charge is -2.11. The largest absolute Gasteiger partial charge is 0.324 e. The van der Waals surface area contributed by atoms with E-state index in [4.69, 9.17) is 0 Å². The van der Waals surface area contributed by atoms with Crippen LogP contribution in [0.2, 0.25) is 0 Å². The summed E-state index contributed by atoms with van der Waals surface area (Å²) < 4.78 is 0. The number of hydrogen-bond acceptors (Lipinski definition) is 3. The van der Waals surface area contributed by atoms with Crippen LogP contribution in [-0.4, -0.2) is 23.5 Å². The Hall–Kier alpha value is -1.42. The number of aryl methyl sites for hydroxylation is 1. The Balaban J connectivity index is 2.40. The lowest BCUT2D eigenvalue weighted by Crippen LogP contribution is -2.33. The van der Waals surface area contributed by atoms with E-state index in [-0.39, 0.29) is 5.91 Å². The van der Waals surface area contributed by atoms with Gasteiger partial charge in [0.25, 0.3) is 0 Å². The van der Waals surface area contributed by atoms with E-state index in [1.807, 2.05) is 13.0 Å². The van der Waals surface area contributed by atoms with Gasteiger partial charge in [0.15, 0.2) is 0 Å². The average molecular weight is 221 g/mol. The highest BCUT2D eigenvalue weighted by molar-refractivity contribution is 5.92. The van der Waals surface area contributed by atoms with E-state index in [9.17, 15) is 4.79 Å². The molecule has 1 aromatic heterocycles. The second-order valence-electron chi connectivity index (χ2n) is 3.99. The van der Waals surface area contributed by atoms with Gasteiger partial charge < -0.3 is 10.6 Å². The van der Waals surface area contributed by atoms with Gasteiger partial charge in [-0.05, 0) is 31.9 Å². The molecule has 2 N–H and O–H groups in total. The molecular weight excluding hydrogens is 202 g/mol. The van der Waals surface area contributed by atoms with Crippen LogP contribution in [0.1, 0.15) is 25.8 Å². The first-order chi connectivity index (χ1) is 7.61. The van der Waals surface area contributed by atoms with Crippen LogP contribution in [-0.2, 0) is 4.79 Å². The van der Waals surface area contributed by atoms with E-state index in [1.165, 1.54) is 0 Å². The summed E-state index contributed by atoms with van der Waals surface area (Å²) in [6, 6.07) is 2.26. The van der Waals surface area contributed by atoms with Crippen LogP contribution >= 0.6 is 0 Å². The normalized spacial score (nSPS) is 12.2. The molecule has 1 amide bonds. The lowest BCUT2D eigenvalue weighted by molar-refractivity contribution is -0.115. The van der Waals surface area contributed by atoms with E-state index in [1.54, 1.807) is 12.4 Å². The zero-order valence-corrected chi connectivity index (χ0v) is 10.1. The van der Waals surface area contributed by atoms with Crippen molar-refractivity contribution in [2.75, 3.05) is 11.9 Å². The molecule has 0 spiro atoms. The minimum Gasteiger partial charge on any atom is -0.324 e. The quantitative estimate of drug-likeness (QED) is 0.796. The maximum Gasteiger partial charge on any atom is 0.238 e. The highest BCUT2D eigenvalue weighted by Crippen LogP contribution is 2.06. The molecule has 0 aromatic carbocycles. The number of pyridine rings is 1. The van der Waals surface area contributed by atoms with Crippen LogP contribution in [0.4, 0.5) is 5.69 Å². The minimum absolute atomic E-state index is 0.0345. The van der Waals surface area contributed by atoms with Gasteiger partial charge in [0, 0.05) is 12.2 Å². The summed E-state index contributed by atoms with van der Waals surface area (Å²) in [6.45, 7) is 6.42. The molecule has 1 unspecified atom stereocenters. The molecule has 88 valence electrons. The SMILES string of the molecule is CCC(C)NCC(=O)Nc1cncc(C)c1. The second-order valence-corrected chi connectivity index (χ2v) is 3.99. The topological polar surface area (TPSA) is 54.0 Å². The summed E-state index contributed by atoms with van der Waals surface area (Å²) in [5, 5.41) is 5.93. The first-order valence-electron chi connectivity index (χ1n) is 5.56. The molecule has 0 fully saturated rings. The van der Waals surface area contributed by atoms with Gasteiger partial charge in [-0.15, -0.1) is 0 Å². The zero-order valence-electron chi connectivity index (χ0n) is 10.1. The molecule has 0 bridgehead atoms. The van der Waals surface area contributed by atoms with Crippen molar-refractivity contribution in [2.45, 2.75) is 33.2 Å². The summed E-state index contributed by atoms with van der Waals surface area (Å²) in [7, 11) is 0. The van der Waals surface area contributed by atoms with Crippen molar-refractivity contribution in [3.05, 3.63) is 24.0 Å². The van der Waals surface area contributed by atoms with Gasteiger partial charge in [0.05, 0.1) is 18.4 Å². The van der Waals surface area contributed by atoms with Gasteiger partial charge in [0.2, 0.25) is 5.91 Å². The van der Waals surface area contributed by atoms with Gasteiger partial charge in [-0.2, -0.15) is 0 Å². The maximum absolute atomic E-state index is 11.5. The number of amides is 1. The highest BCUT2D eigenvalue weighted by atomic mass is 16.1. The predicted octanol–water partition coefficient (Wildman–Crippen LogP) is 1.72. The first kappa shape index (κ1) is 12.6. The molecule has 4 nitrogen and oxygen atoms in total. The number of hydrogen-bond donors (Lipinski definition) is 2. The molecule has 0 aliphatic rings. The Morgan fingerprint density at radius 3 is 2.88 bits per heavy atom. The molecular formula is C12H19N3O. The number of rotatable bonds is 5. The van der Waals surface area contributed by atoms with Crippen LogP contribution < -0.4 is 10.6 Å². The Morgan fingerprint density at radius 1 is 1.50 bits per heavy atom. The van der Waals surface area contributed by atoms with Crippen molar-refractivity contribution in [2.24, 2.45) is 0 Å². The third-order valence-corrected chi connectivity index (χ3v) is 2.38. The number of aromatic nitrogens is 1. The van der Waals surface area contributed by atoms with Gasteiger partial charge >= 0.3 is 0 Å². The van der Waals surface area contributed by atoms with Crippen molar-refractivity contribution >= 4 is 11.6 Å². The summed E-state index contributed by atoms with van der Waals surface area (Å²) in [4.78, 5) is 15.6. The van der Waals surface area contributed by atoms with Crippen LogP contribution in [0, 0.1) is 6.92 Å². The number of nitrogens with one attached hydrogen (secondary N) is 2. The lowest BCUT2D eigenvalue weighted by atomic mass is 10.2. The number of carbonyl (C=O) groups is 1. The summed E-state index contributed by atoms with van der Waals surface area (Å²) in [5.74, 6) is -0.0345. The van der Waals surface area contributed by atoms with Gasteiger partial charge in [-0.25, -0.2) is 0 Å². The molecule has 1 aromatic rings. The van der Waals surface area contributed by atoms with Gasteiger partial charge in [-0.3, -0.25) is 9.78 Å². The first-order valence-corrected chi connectivity index (χ1v) is 5.56. The van der Waals surface area contributed by atoms with Gasteiger partial charge in [-0.1, -0.05) is 6.92 Å². The highest BCUT2D eigenvalue weighted by Gasteiger charge is 2.04. The van der Waals surface area contributed by atoms with E-state index in [0.29, 0.717) is 12.6 Å². The fourth-order valence-corrected chi connectivity index (χ4v) is 1.24. The smallest absolute Gasteiger partial charge is 0.238 e. The monoisotopic (exact) mass is 221 g/mol. The molecule has 0 aliphatic heterocycles. The number of carbonyl (C=O) groups excluding carboxylic acids is 1. The molecule has 0 saturated heterocycles. The summed E-state index contributed by atoms with van der Waals surface area (Å²) in [6.07, 6.45) is 4.42. The van der Waals surface area contributed by atoms with Crippen LogP contribution in [0.25, 0.3) is 0 Å². The van der Waals surface area contributed by atoms with Crippen molar-refractivity contribution < 1.29 is 4.79 Å². The van der Waals surface area contributed by atoms with Gasteiger partial charge in [0.1, 0.15) is 0 Å². The third kappa shape index (κ3) is 4.40. The van der Waals surface area contributed by atoms with E-state index in [2.05, 4.69) is 29.5 Å². The Kier molecular flexibility index (Phi) is 4.92. The molecule has 4 heteroatoms. The molecule has 0 saturated carbocycles. The number of nitrogens with zero attached hydrogens (tertiary/aromatic N) is 1. The Bertz CT molecular complexity index is 352. The maximum atomic E-state index is 11.5. The fourth-order valence-electron chi connectivity index (χ4n) is 1.24. The second kappa shape index (κ2) is 6.23.